The summed E-state index contributed by atoms with van der Waals surface area (Å²) in [5.41, 5.74) is 1.35. The average molecular weight is 286 g/mol. The maximum absolute atomic E-state index is 3.73. The molecule has 0 saturated carbocycles. The van der Waals surface area contributed by atoms with Crippen LogP contribution in [-0.4, -0.2) is 17.2 Å². The van der Waals surface area contributed by atoms with Gasteiger partial charge in [0, 0.05) is 24.3 Å². The highest BCUT2D eigenvalue weighted by molar-refractivity contribution is 5.79. The summed E-state index contributed by atoms with van der Waals surface area (Å²) in [6, 6.07) is 11.5. The van der Waals surface area contributed by atoms with Crippen molar-refractivity contribution in [2.24, 2.45) is 5.92 Å². The predicted octanol–water partition coefficient (Wildman–Crippen LogP) is 4.84. The molecule has 1 heterocycles. The number of benzene rings is 1. The largest absolute Gasteiger partial charge is 0.347 e. The molecule has 2 unspecified atom stereocenters. The SMILES string of the molecule is CCC(C)CC(CC)NCCCn1ccc2ccccc21. The van der Waals surface area contributed by atoms with Crippen LogP contribution >= 0.6 is 0 Å². The molecule has 1 aromatic carbocycles. The van der Waals surface area contributed by atoms with Crippen molar-refractivity contribution >= 4 is 10.9 Å². The molecular formula is C19H30N2. The topological polar surface area (TPSA) is 17.0 Å². The van der Waals surface area contributed by atoms with Gasteiger partial charge in [0.15, 0.2) is 0 Å². The highest BCUT2D eigenvalue weighted by Gasteiger charge is 2.09. The van der Waals surface area contributed by atoms with E-state index < -0.39 is 0 Å². The molecule has 0 bridgehead atoms. The maximum atomic E-state index is 3.73. The van der Waals surface area contributed by atoms with Crippen molar-refractivity contribution in [2.45, 2.75) is 59.0 Å². The summed E-state index contributed by atoms with van der Waals surface area (Å²) in [6.45, 7) is 9.14. The molecule has 0 fully saturated rings. The summed E-state index contributed by atoms with van der Waals surface area (Å²) in [5.74, 6) is 0.829. The van der Waals surface area contributed by atoms with Crippen molar-refractivity contribution in [1.29, 1.82) is 0 Å². The van der Waals surface area contributed by atoms with Crippen molar-refractivity contribution in [2.75, 3.05) is 6.54 Å². The summed E-state index contributed by atoms with van der Waals surface area (Å²) in [7, 11) is 0. The number of nitrogens with zero attached hydrogens (tertiary/aromatic N) is 1. The van der Waals surface area contributed by atoms with E-state index in [1.54, 1.807) is 0 Å². The van der Waals surface area contributed by atoms with Crippen LogP contribution in [0.4, 0.5) is 0 Å². The first kappa shape index (κ1) is 16.1. The molecule has 0 amide bonds. The molecule has 116 valence electrons. The fourth-order valence-corrected chi connectivity index (χ4v) is 2.94. The number of para-hydroxylation sites is 1. The van der Waals surface area contributed by atoms with E-state index in [9.17, 15) is 0 Å². The van der Waals surface area contributed by atoms with E-state index in [1.165, 1.54) is 36.6 Å². The molecule has 2 rings (SSSR count). The standard InChI is InChI=1S/C19H30N2/c1-4-16(3)15-18(5-2)20-12-8-13-21-14-11-17-9-6-7-10-19(17)21/h6-7,9-11,14,16,18,20H,4-5,8,12-13,15H2,1-3H3. The fraction of sp³-hybridized carbons (Fsp3) is 0.579. The number of fused-ring (bicyclic) bond motifs is 1. The summed E-state index contributed by atoms with van der Waals surface area (Å²) in [6.07, 6.45) is 7.22. The summed E-state index contributed by atoms with van der Waals surface area (Å²) < 4.78 is 2.37. The third kappa shape index (κ3) is 4.60. The van der Waals surface area contributed by atoms with E-state index in [0.717, 1.165) is 19.0 Å². The van der Waals surface area contributed by atoms with Gasteiger partial charge < -0.3 is 9.88 Å². The Morgan fingerprint density at radius 1 is 1.10 bits per heavy atom. The van der Waals surface area contributed by atoms with Crippen LogP contribution in [-0.2, 0) is 6.54 Å². The Bertz CT molecular complexity index is 529. The van der Waals surface area contributed by atoms with Crippen molar-refractivity contribution in [3.05, 3.63) is 36.5 Å². The van der Waals surface area contributed by atoms with Crippen LogP contribution in [0.15, 0.2) is 36.5 Å². The van der Waals surface area contributed by atoms with Gasteiger partial charge in [-0.1, -0.05) is 45.4 Å². The minimum absolute atomic E-state index is 0.682. The zero-order valence-corrected chi connectivity index (χ0v) is 13.8. The van der Waals surface area contributed by atoms with Gasteiger partial charge in [-0.25, -0.2) is 0 Å². The van der Waals surface area contributed by atoms with Crippen molar-refractivity contribution in [1.82, 2.24) is 9.88 Å². The number of nitrogens with one attached hydrogen (secondary N) is 1. The number of aryl methyl sites for hydroxylation is 1. The van der Waals surface area contributed by atoms with Crippen LogP contribution < -0.4 is 5.32 Å². The molecule has 1 aromatic heterocycles. The van der Waals surface area contributed by atoms with Crippen molar-refractivity contribution in [3.8, 4) is 0 Å². The van der Waals surface area contributed by atoms with Gasteiger partial charge in [0.1, 0.15) is 0 Å². The lowest BCUT2D eigenvalue weighted by Gasteiger charge is -2.20. The second kappa shape index (κ2) is 8.23. The third-order valence-corrected chi connectivity index (χ3v) is 4.57. The molecule has 1 N–H and O–H groups in total. The molecule has 0 saturated heterocycles. The van der Waals surface area contributed by atoms with Crippen LogP contribution in [0.3, 0.4) is 0 Å². The Labute approximate surface area is 129 Å². The average Bonchev–Trinajstić information content (AvgIpc) is 2.93. The molecule has 0 aliphatic rings. The van der Waals surface area contributed by atoms with E-state index in [2.05, 4.69) is 67.2 Å². The monoisotopic (exact) mass is 286 g/mol. The van der Waals surface area contributed by atoms with Crippen molar-refractivity contribution in [3.63, 3.8) is 0 Å². The Morgan fingerprint density at radius 3 is 2.67 bits per heavy atom. The lowest BCUT2D eigenvalue weighted by Crippen LogP contribution is -2.31. The molecule has 0 aliphatic heterocycles. The second-order valence-corrected chi connectivity index (χ2v) is 6.23. The Morgan fingerprint density at radius 2 is 1.90 bits per heavy atom. The zero-order valence-electron chi connectivity index (χ0n) is 13.8. The van der Waals surface area contributed by atoms with Crippen molar-refractivity contribution < 1.29 is 0 Å². The van der Waals surface area contributed by atoms with Crippen LogP contribution in [0.2, 0.25) is 0 Å². The Kier molecular flexibility index (Phi) is 6.31. The predicted molar refractivity (Wildman–Crippen MR) is 92.7 cm³/mol. The minimum atomic E-state index is 0.682. The normalized spacial score (nSPS) is 14.4. The van der Waals surface area contributed by atoms with Gasteiger partial charge in [-0.15, -0.1) is 0 Å². The first-order chi connectivity index (χ1) is 10.2. The third-order valence-electron chi connectivity index (χ3n) is 4.57. The van der Waals surface area contributed by atoms with Crippen LogP contribution in [0.25, 0.3) is 10.9 Å². The van der Waals surface area contributed by atoms with Gasteiger partial charge in [0.05, 0.1) is 0 Å². The number of aromatic nitrogens is 1. The molecule has 2 nitrogen and oxygen atoms in total. The maximum Gasteiger partial charge on any atom is 0.0480 e. The van der Waals surface area contributed by atoms with E-state index in [0.29, 0.717) is 6.04 Å². The Balaban J connectivity index is 1.76. The molecule has 0 aliphatic carbocycles. The molecule has 2 atom stereocenters. The van der Waals surface area contributed by atoms with E-state index >= 15 is 0 Å². The molecule has 2 heteroatoms. The highest BCUT2D eigenvalue weighted by atomic mass is 15.0. The number of hydrogen-bond acceptors (Lipinski definition) is 1. The van der Waals surface area contributed by atoms with E-state index in [4.69, 9.17) is 0 Å². The van der Waals surface area contributed by atoms with Gasteiger partial charge in [0.2, 0.25) is 0 Å². The van der Waals surface area contributed by atoms with Crippen LogP contribution in [0.5, 0.6) is 0 Å². The first-order valence-electron chi connectivity index (χ1n) is 8.51. The number of rotatable bonds is 9. The van der Waals surface area contributed by atoms with Crippen LogP contribution in [0, 0.1) is 5.92 Å². The van der Waals surface area contributed by atoms with Gasteiger partial charge in [-0.05, 0) is 49.2 Å². The lowest BCUT2D eigenvalue weighted by molar-refractivity contribution is 0.380. The molecule has 0 spiro atoms. The lowest BCUT2D eigenvalue weighted by atomic mass is 9.98. The zero-order chi connectivity index (χ0) is 15.1. The molecule has 0 radical (unpaired) electrons. The summed E-state index contributed by atoms with van der Waals surface area (Å²) in [4.78, 5) is 0. The van der Waals surface area contributed by atoms with E-state index in [-0.39, 0.29) is 0 Å². The first-order valence-corrected chi connectivity index (χ1v) is 8.51. The van der Waals surface area contributed by atoms with Crippen LogP contribution in [0.1, 0.15) is 46.5 Å². The van der Waals surface area contributed by atoms with Gasteiger partial charge >= 0.3 is 0 Å². The molecular weight excluding hydrogens is 256 g/mol. The molecule has 2 aromatic rings. The van der Waals surface area contributed by atoms with Gasteiger partial charge in [-0.2, -0.15) is 0 Å². The summed E-state index contributed by atoms with van der Waals surface area (Å²) >= 11 is 0. The minimum Gasteiger partial charge on any atom is -0.347 e. The van der Waals surface area contributed by atoms with E-state index in [1.807, 2.05) is 0 Å². The highest BCUT2D eigenvalue weighted by Crippen LogP contribution is 2.15. The summed E-state index contributed by atoms with van der Waals surface area (Å²) in [5, 5.41) is 5.07. The fourth-order valence-electron chi connectivity index (χ4n) is 2.94. The molecule has 21 heavy (non-hydrogen) atoms. The van der Waals surface area contributed by atoms with Gasteiger partial charge in [-0.3, -0.25) is 0 Å². The second-order valence-electron chi connectivity index (χ2n) is 6.23. The smallest absolute Gasteiger partial charge is 0.0480 e. The number of hydrogen-bond donors (Lipinski definition) is 1. The quantitative estimate of drug-likeness (QED) is 0.653. The Hall–Kier alpha value is -1.28. The van der Waals surface area contributed by atoms with Gasteiger partial charge in [0.25, 0.3) is 0 Å².